The van der Waals surface area contributed by atoms with Gasteiger partial charge in [0.1, 0.15) is 5.75 Å². The van der Waals surface area contributed by atoms with Crippen molar-refractivity contribution >= 4 is 50.4 Å². The zero-order chi connectivity index (χ0) is 13.8. The molecule has 2 rings (SSSR count). The van der Waals surface area contributed by atoms with Crippen molar-refractivity contribution in [3.8, 4) is 5.75 Å². The number of amides is 1. The fourth-order valence-electron chi connectivity index (χ4n) is 1.43. The van der Waals surface area contributed by atoms with E-state index in [9.17, 15) is 4.79 Å². The molecule has 1 N–H and O–H groups in total. The first-order valence-electron chi connectivity index (χ1n) is 5.66. The zero-order valence-corrected chi connectivity index (χ0v) is 13.3. The summed E-state index contributed by atoms with van der Waals surface area (Å²) in [4.78, 5) is 16.1. The third-order valence-corrected chi connectivity index (χ3v) is 4.13. The van der Waals surface area contributed by atoms with Gasteiger partial charge in [0.15, 0.2) is 11.3 Å². The molecule has 0 aromatic heterocycles. The second kappa shape index (κ2) is 6.63. The van der Waals surface area contributed by atoms with E-state index in [0.29, 0.717) is 20.4 Å². The molecule has 0 bridgehead atoms. The maximum absolute atomic E-state index is 11.9. The van der Waals surface area contributed by atoms with Crippen molar-refractivity contribution in [2.75, 3.05) is 12.3 Å². The number of benzene rings is 1. The van der Waals surface area contributed by atoms with Crippen LogP contribution >= 0.6 is 39.3 Å². The summed E-state index contributed by atoms with van der Waals surface area (Å²) in [5.74, 6) is 1.27. The highest BCUT2D eigenvalue weighted by atomic mass is 79.9. The first kappa shape index (κ1) is 14.7. The number of nitrogens with one attached hydrogen (secondary N) is 1. The topological polar surface area (TPSA) is 50.7 Å². The predicted molar refractivity (Wildman–Crippen MR) is 82.1 cm³/mol. The van der Waals surface area contributed by atoms with Crippen molar-refractivity contribution < 1.29 is 9.53 Å². The molecular weight excluding hydrogens is 352 g/mol. The van der Waals surface area contributed by atoms with E-state index in [1.165, 1.54) is 11.8 Å². The van der Waals surface area contributed by atoms with Crippen molar-refractivity contribution in [1.82, 2.24) is 5.32 Å². The average Bonchev–Trinajstić information content (AvgIpc) is 2.85. The van der Waals surface area contributed by atoms with E-state index in [-0.39, 0.29) is 5.91 Å². The Hall–Kier alpha value is -0.720. The number of thioether (sulfide) groups is 1. The summed E-state index contributed by atoms with van der Waals surface area (Å²) >= 11 is 10.7. The van der Waals surface area contributed by atoms with Crippen LogP contribution in [-0.2, 0) is 4.79 Å². The Bertz CT molecular complexity index is 524. The lowest BCUT2D eigenvalue weighted by Crippen LogP contribution is -2.38. The van der Waals surface area contributed by atoms with Gasteiger partial charge in [-0.2, -0.15) is 0 Å². The van der Waals surface area contributed by atoms with E-state index in [2.05, 4.69) is 26.2 Å². The first-order chi connectivity index (χ1) is 9.06. The average molecular weight is 364 g/mol. The summed E-state index contributed by atoms with van der Waals surface area (Å²) < 4.78 is 6.31. The first-order valence-corrected chi connectivity index (χ1v) is 7.82. The van der Waals surface area contributed by atoms with Crippen LogP contribution in [0.15, 0.2) is 27.7 Å². The lowest BCUT2D eigenvalue weighted by Gasteiger charge is -2.15. The highest BCUT2D eigenvalue weighted by Crippen LogP contribution is 2.28. The molecule has 0 saturated heterocycles. The quantitative estimate of drug-likeness (QED) is 0.898. The molecule has 4 nitrogen and oxygen atoms in total. The van der Waals surface area contributed by atoms with Crippen molar-refractivity contribution in [3.63, 3.8) is 0 Å². The fourth-order valence-corrected chi connectivity index (χ4v) is 2.94. The van der Waals surface area contributed by atoms with Crippen LogP contribution < -0.4 is 10.1 Å². The molecule has 0 radical (unpaired) electrons. The van der Waals surface area contributed by atoms with Gasteiger partial charge in [0.25, 0.3) is 5.91 Å². The molecule has 0 spiro atoms. The van der Waals surface area contributed by atoms with Gasteiger partial charge in [-0.3, -0.25) is 9.79 Å². The summed E-state index contributed by atoms with van der Waals surface area (Å²) in [6, 6.07) is 5.15. The minimum Gasteiger partial charge on any atom is -0.480 e. The van der Waals surface area contributed by atoms with Crippen LogP contribution in [0.3, 0.4) is 0 Å². The van der Waals surface area contributed by atoms with Gasteiger partial charge in [-0.1, -0.05) is 23.4 Å². The normalized spacial score (nSPS) is 15.8. The van der Waals surface area contributed by atoms with Gasteiger partial charge in [0.05, 0.1) is 11.0 Å². The lowest BCUT2D eigenvalue weighted by atomic mass is 10.3. The van der Waals surface area contributed by atoms with Gasteiger partial charge in [0, 0.05) is 10.8 Å². The smallest absolute Gasteiger partial charge is 0.266 e. The Morgan fingerprint density at radius 1 is 1.63 bits per heavy atom. The SMILES string of the molecule is CC(Oc1ccc(Cl)cc1Br)C(=O)NC1=NCCS1. The highest BCUT2D eigenvalue weighted by Gasteiger charge is 2.19. The maximum atomic E-state index is 11.9. The van der Waals surface area contributed by atoms with Crippen LogP contribution in [0.1, 0.15) is 6.92 Å². The van der Waals surface area contributed by atoms with Crippen molar-refractivity contribution in [1.29, 1.82) is 0 Å². The molecule has 1 aliphatic heterocycles. The molecule has 0 aliphatic carbocycles. The number of carbonyl (C=O) groups is 1. The minimum absolute atomic E-state index is 0.213. The van der Waals surface area contributed by atoms with Crippen molar-refractivity contribution in [3.05, 3.63) is 27.7 Å². The summed E-state index contributed by atoms with van der Waals surface area (Å²) in [7, 11) is 0. The van der Waals surface area contributed by atoms with E-state index in [1.807, 2.05) is 0 Å². The Labute approximate surface area is 129 Å². The largest absolute Gasteiger partial charge is 0.480 e. The van der Waals surface area contributed by atoms with E-state index in [0.717, 1.165) is 12.3 Å². The van der Waals surface area contributed by atoms with Gasteiger partial charge in [-0.05, 0) is 41.1 Å². The number of ether oxygens (including phenoxy) is 1. The number of halogens is 2. The Morgan fingerprint density at radius 3 is 3.05 bits per heavy atom. The minimum atomic E-state index is -0.610. The number of aliphatic imine (C=N–C) groups is 1. The molecule has 1 unspecified atom stereocenters. The fraction of sp³-hybridized carbons (Fsp3) is 0.333. The van der Waals surface area contributed by atoms with Crippen LogP contribution in [-0.4, -0.2) is 29.5 Å². The molecule has 0 fully saturated rings. The third-order valence-electron chi connectivity index (χ3n) is 2.38. The number of hydrogen-bond acceptors (Lipinski definition) is 4. The number of rotatable bonds is 3. The molecule has 1 aromatic rings. The molecule has 1 aromatic carbocycles. The van der Waals surface area contributed by atoms with Crippen LogP contribution in [0.5, 0.6) is 5.75 Å². The molecule has 102 valence electrons. The molecule has 7 heteroatoms. The molecule has 1 heterocycles. The van der Waals surface area contributed by atoms with E-state index >= 15 is 0 Å². The Balaban J connectivity index is 1.96. The summed E-state index contributed by atoms with van der Waals surface area (Å²) in [5, 5.41) is 4.00. The van der Waals surface area contributed by atoms with Gasteiger partial charge in [-0.25, -0.2) is 0 Å². The molecule has 1 atom stereocenters. The summed E-state index contributed by atoms with van der Waals surface area (Å²) in [5.41, 5.74) is 0. The second-order valence-electron chi connectivity index (χ2n) is 3.86. The highest BCUT2D eigenvalue weighted by molar-refractivity contribution is 9.10. The van der Waals surface area contributed by atoms with Crippen molar-refractivity contribution in [2.45, 2.75) is 13.0 Å². The van der Waals surface area contributed by atoms with E-state index in [4.69, 9.17) is 16.3 Å². The standard InChI is InChI=1S/C12H12BrClN2O2S/c1-7(11(17)16-12-15-4-5-19-12)18-10-3-2-8(14)6-9(10)13/h2-3,6-7H,4-5H2,1H3,(H,15,16,17). The van der Waals surface area contributed by atoms with Gasteiger partial charge in [0.2, 0.25) is 0 Å². The van der Waals surface area contributed by atoms with Crippen LogP contribution in [0.2, 0.25) is 5.02 Å². The van der Waals surface area contributed by atoms with Crippen molar-refractivity contribution in [2.24, 2.45) is 4.99 Å². The predicted octanol–water partition coefficient (Wildman–Crippen LogP) is 3.09. The molecule has 1 aliphatic rings. The molecule has 1 amide bonds. The third kappa shape index (κ3) is 4.12. The van der Waals surface area contributed by atoms with Gasteiger partial charge >= 0.3 is 0 Å². The number of hydrogen-bond donors (Lipinski definition) is 1. The number of nitrogens with zero attached hydrogens (tertiary/aromatic N) is 1. The maximum Gasteiger partial charge on any atom is 0.266 e. The van der Waals surface area contributed by atoms with Gasteiger partial charge in [-0.15, -0.1) is 0 Å². The van der Waals surface area contributed by atoms with E-state index < -0.39 is 6.10 Å². The van der Waals surface area contributed by atoms with Crippen LogP contribution in [0.25, 0.3) is 0 Å². The Morgan fingerprint density at radius 2 is 2.42 bits per heavy atom. The van der Waals surface area contributed by atoms with E-state index in [1.54, 1.807) is 25.1 Å². The lowest BCUT2D eigenvalue weighted by molar-refractivity contribution is -0.125. The molecule has 19 heavy (non-hydrogen) atoms. The van der Waals surface area contributed by atoms with Crippen LogP contribution in [0.4, 0.5) is 0 Å². The monoisotopic (exact) mass is 362 g/mol. The molecule has 0 saturated carbocycles. The molecular formula is C12H12BrClN2O2S. The number of amidine groups is 1. The van der Waals surface area contributed by atoms with Crippen LogP contribution in [0, 0.1) is 0 Å². The van der Waals surface area contributed by atoms with Gasteiger partial charge < -0.3 is 10.1 Å². The second-order valence-corrected chi connectivity index (χ2v) is 6.23. The summed E-state index contributed by atoms with van der Waals surface area (Å²) in [6.07, 6.45) is -0.610. The number of carbonyl (C=O) groups excluding carboxylic acids is 1. The summed E-state index contributed by atoms with van der Waals surface area (Å²) in [6.45, 7) is 2.44. The zero-order valence-electron chi connectivity index (χ0n) is 10.2. The Kier molecular flexibility index (Phi) is 5.13.